The average molecular weight is 200 g/mol. The molecule has 0 amide bonds. The third-order valence-corrected chi connectivity index (χ3v) is 3.71. The summed E-state index contributed by atoms with van der Waals surface area (Å²) in [5.74, 6) is 0.681. The van der Waals surface area contributed by atoms with E-state index in [1.807, 2.05) is 6.92 Å². The quantitative estimate of drug-likeness (QED) is 0.741. The molecular weight excluding hydrogens is 184 g/mol. The van der Waals surface area contributed by atoms with E-state index in [9.17, 15) is 0 Å². The number of rotatable bonds is 4. The molecule has 1 aromatic rings. The highest BCUT2D eigenvalue weighted by atomic mass is 28.3. The first-order valence-electron chi connectivity index (χ1n) is 4.40. The average Bonchev–Trinajstić information content (AvgIpc) is 2.49. The van der Waals surface area contributed by atoms with E-state index in [-0.39, 0.29) is 5.73 Å². The summed E-state index contributed by atoms with van der Waals surface area (Å²) in [5.41, 5.74) is 0.0382. The Kier molecular flexibility index (Phi) is 3.15. The van der Waals surface area contributed by atoms with E-state index in [4.69, 9.17) is 4.74 Å². The van der Waals surface area contributed by atoms with Crippen LogP contribution in [0.3, 0.4) is 0 Å². The molecule has 0 saturated heterocycles. The molecule has 13 heavy (non-hydrogen) atoms. The van der Waals surface area contributed by atoms with Gasteiger partial charge in [-0.05, 0) is 6.92 Å². The minimum absolute atomic E-state index is 0.0382. The van der Waals surface area contributed by atoms with Gasteiger partial charge in [-0.1, -0.05) is 24.9 Å². The number of hydrogen-bond acceptors (Lipinski definition) is 4. The van der Waals surface area contributed by atoms with E-state index in [2.05, 4.69) is 40.3 Å². The molecule has 0 aliphatic rings. The lowest BCUT2D eigenvalue weighted by Gasteiger charge is -2.25. The molecule has 5 nitrogen and oxygen atoms in total. The van der Waals surface area contributed by atoms with Gasteiger partial charge in [0, 0.05) is 6.61 Å². The van der Waals surface area contributed by atoms with Crippen LogP contribution in [0.4, 0.5) is 0 Å². The molecule has 74 valence electrons. The Balaban J connectivity index is 2.81. The van der Waals surface area contributed by atoms with Crippen LogP contribution < -0.4 is 0 Å². The predicted octanol–water partition coefficient (Wildman–Crippen LogP) is 1.15. The van der Waals surface area contributed by atoms with Gasteiger partial charge in [0.1, 0.15) is 5.73 Å². The van der Waals surface area contributed by atoms with Crippen molar-refractivity contribution in [2.24, 2.45) is 0 Å². The Hall–Kier alpha value is -0.753. The van der Waals surface area contributed by atoms with Crippen LogP contribution in [-0.4, -0.2) is 35.3 Å². The summed E-state index contributed by atoms with van der Waals surface area (Å²) >= 11 is 0. The molecule has 0 fully saturated rings. The van der Waals surface area contributed by atoms with Crippen LogP contribution >= 0.6 is 0 Å². The Bertz CT molecular complexity index is 243. The van der Waals surface area contributed by atoms with E-state index in [1.165, 1.54) is 0 Å². The molecule has 1 heterocycles. The minimum atomic E-state index is -1.42. The second-order valence-corrected chi connectivity index (χ2v) is 9.23. The normalized spacial score (nSPS) is 14.5. The number of nitrogens with one attached hydrogen (secondary N) is 1. The molecule has 0 saturated carbocycles. The van der Waals surface area contributed by atoms with E-state index < -0.39 is 8.07 Å². The highest BCUT2D eigenvalue weighted by molar-refractivity contribution is 6.77. The van der Waals surface area contributed by atoms with Gasteiger partial charge >= 0.3 is 0 Å². The lowest BCUT2D eigenvalue weighted by Crippen LogP contribution is -2.33. The second kappa shape index (κ2) is 3.97. The van der Waals surface area contributed by atoms with Gasteiger partial charge in [-0.25, -0.2) is 0 Å². The molecule has 0 aliphatic carbocycles. The van der Waals surface area contributed by atoms with Crippen LogP contribution in [0, 0.1) is 0 Å². The van der Waals surface area contributed by atoms with Crippen molar-refractivity contribution in [2.45, 2.75) is 32.3 Å². The summed E-state index contributed by atoms with van der Waals surface area (Å²) < 4.78 is 5.63. The topological polar surface area (TPSA) is 63.7 Å². The highest BCUT2D eigenvalue weighted by Crippen LogP contribution is 2.24. The predicted molar refractivity (Wildman–Crippen MR) is 51.9 cm³/mol. The van der Waals surface area contributed by atoms with E-state index in [0.717, 1.165) is 0 Å². The van der Waals surface area contributed by atoms with Gasteiger partial charge in [0.2, 0.25) is 0 Å². The molecular formula is C7H16N4OSi. The number of ether oxygens (including phenoxy) is 1. The monoisotopic (exact) mass is 200 g/mol. The Morgan fingerprint density at radius 1 is 1.46 bits per heavy atom. The molecule has 1 aromatic heterocycles. The van der Waals surface area contributed by atoms with Crippen molar-refractivity contribution in [1.29, 1.82) is 0 Å². The summed E-state index contributed by atoms with van der Waals surface area (Å²) in [6, 6.07) is 0. The summed E-state index contributed by atoms with van der Waals surface area (Å²) in [6.45, 7) is 9.34. The number of H-pyrrole nitrogens is 1. The first kappa shape index (κ1) is 10.3. The summed E-state index contributed by atoms with van der Waals surface area (Å²) in [5, 5.41) is 13.9. The maximum absolute atomic E-state index is 5.63. The van der Waals surface area contributed by atoms with Crippen molar-refractivity contribution >= 4 is 8.07 Å². The van der Waals surface area contributed by atoms with Crippen LogP contribution in [0.25, 0.3) is 0 Å². The highest BCUT2D eigenvalue weighted by Gasteiger charge is 2.32. The number of tetrazole rings is 1. The van der Waals surface area contributed by atoms with Crippen LogP contribution in [0.5, 0.6) is 0 Å². The van der Waals surface area contributed by atoms with Crippen molar-refractivity contribution in [1.82, 2.24) is 20.6 Å². The Labute approximate surface area is 78.9 Å². The maximum atomic E-state index is 5.63. The smallest absolute Gasteiger partial charge is 0.199 e. The zero-order valence-electron chi connectivity index (χ0n) is 8.53. The minimum Gasteiger partial charge on any atom is -0.374 e. The lowest BCUT2D eigenvalue weighted by atomic mass is 10.6. The molecule has 6 heteroatoms. The Morgan fingerprint density at radius 3 is 2.54 bits per heavy atom. The van der Waals surface area contributed by atoms with Crippen molar-refractivity contribution in [2.75, 3.05) is 6.61 Å². The fourth-order valence-electron chi connectivity index (χ4n) is 1.16. The molecule has 0 aliphatic heterocycles. The van der Waals surface area contributed by atoms with Gasteiger partial charge in [0.05, 0.1) is 8.07 Å². The van der Waals surface area contributed by atoms with E-state index in [0.29, 0.717) is 12.4 Å². The van der Waals surface area contributed by atoms with Gasteiger partial charge in [0.15, 0.2) is 5.82 Å². The van der Waals surface area contributed by atoms with Gasteiger partial charge in [-0.3, -0.25) is 0 Å². The lowest BCUT2D eigenvalue weighted by molar-refractivity contribution is 0.106. The fraction of sp³-hybridized carbons (Fsp3) is 0.857. The number of aromatic amines is 1. The number of aromatic nitrogens is 4. The molecule has 1 atom stereocenters. The van der Waals surface area contributed by atoms with Crippen LogP contribution in [0.2, 0.25) is 19.6 Å². The first-order valence-corrected chi connectivity index (χ1v) is 7.98. The van der Waals surface area contributed by atoms with Crippen molar-refractivity contribution < 1.29 is 4.74 Å². The molecule has 1 N–H and O–H groups in total. The summed E-state index contributed by atoms with van der Waals surface area (Å²) in [6.07, 6.45) is 0. The van der Waals surface area contributed by atoms with Gasteiger partial charge in [-0.2, -0.15) is 5.21 Å². The second-order valence-electron chi connectivity index (χ2n) is 3.97. The van der Waals surface area contributed by atoms with Gasteiger partial charge < -0.3 is 4.74 Å². The van der Waals surface area contributed by atoms with Crippen LogP contribution in [0.1, 0.15) is 18.5 Å². The van der Waals surface area contributed by atoms with Crippen molar-refractivity contribution in [3.63, 3.8) is 0 Å². The third-order valence-electron chi connectivity index (χ3n) is 1.72. The molecule has 0 aromatic carbocycles. The molecule has 0 radical (unpaired) electrons. The maximum Gasteiger partial charge on any atom is 0.199 e. The van der Waals surface area contributed by atoms with Gasteiger partial charge in [0.25, 0.3) is 0 Å². The van der Waals surface area contributed by atoms with Gasteiger partial charge in [-0.15, -0.1) is 10.2 Å². The summed E-state index contributed by atoms with van der Waals surface area (Å²) in [7, 11) is -1.42. The zero-order valence-corrected chi connectivity index (χ0v) is 9.53. The molecule has 0 bridgehead atoms. The molecule has 1 rings (SSSR count). The number of hydrogen-bond donors (Lipinski definition) is 1. The number of nitrogens with zero attached hydrogens (tertiary/aromatic N) is 3. The Morgan fingerprint density at radius 2 is 2.15 bits per heavy atom. The molecule has 0 spiro atoms. The van der Waals surface area contributed by atoms with E-state index >= 15 is 0 Å². The van der Waals surface area contributed by atoms with Crippen molar-refractivity contribution in [3.05, 3.63) is 5.82 Å². The standard InChI is InChI=1S/C7H16N4OSi/c1-5-12-7(13(2,3)4)6-8-10-11-9-6/h7H,5H2,1-4H3,(H,8,9,10,11). The van der Waals surface area contributed by atoms with Crippen molar-refractivity contribution in [3.8, 4) is 0 Å². The summed E-state index contributed by atoms with van der Waals surface area (Å²) in [4.78, 5) is 0. The zero-order chi connectivity index (χ0) is 9.90. The van der Waals surface area contributed by atoms with Crippen LogP contribution in [-0.2, 0) is 4.74 Å². The third kappa shape index (κ3) is 2.60. The molecule has 1 unspecified atom stereocenters. The SMILES string of the molecule is CCOC(c1nn[nH]n1)[Si](C)(C)C. The van der Waals surface area contributed by atoms with E-state index in [1.54, 1.807) is 0 Å². The van der Waals surface area contributed by atoms with Crippen LogP contribution in [0.15, 0.2) is 0 Å². The first-order chi connectivity index (χ1) is 6.05. The fourth-order valence-corrected chi connectivity index (χ4v) is 2.72. The largest absolute Gasteiger partial charge is 0.374 e.